The van der Waals surface area contributed by atoms with Gasteiger partial charge in [-0.3, -0.25) is 9.88 Å². The standard InChI is InChI=1S/C22H25N3O2S/c26-28(27,21-12-4-10-20-11-5-13-23-22(20)21)24-15-19-9-6-14-25(17-19)16-18-7-2-1-3-8-18/h1-5,7-8,10-13,19,24H,6,9,14-17H2. The molecule has 1 unspecified atom stereocenters. The molecule has 0 bridgehead atoms. The number of pyridine rings is 1. The Hall–Kier alpha value is -2.28. The molecule has 0 spiro atoms. The van der Waals surface area contributed by atoms with Crippen LogP contribution in [0, 0.1) is 5.92 Å². The van der Waals surface area contributed by atoms with Gasteiger partial charge in [0.15, 0.2) is 0 Å². The van der Waals surface area contributed by atoms with Gasteiger partial charge in [0.1, 0.15) is 4.90 Å². The maximum absolute atomic E-state index is 12.9. The summed E-state index contributed by atoms with van der Waals surface area (Å²) < 4.78 is 28.6. The first-order valence-corrected chi connectivity index (χ1v) is 11.2. The smallest absolute Gasteiger partial charge is 0.242 e. The molecule has 1 saturated heterocycles. The summed E-state index contributed by atoms with van der Waals surface area (Å²) in [6.45, 7) is 3.34. The maximum atomic E-state index is 12.9. The number of hydrogen-bond acceptors (Lipinski definition) is 4. The number of nitrogens with one attached hydrogen (secondary N) is 1. The Kier molecular flexibility index (Phi) is 5.71. The van der Waals surface area contributed by atoms with Crippen LogP contribution in [0.25, 0.3) is 10.9 Å². The Morgan fingerprint density at radius 1 is 1.04 bits per heavy atom. The topological polar surface area (TPSA) is 62.3 Å². The van der Waals surface area contributed by atoms with Gasteiger partial charge in [-0.05, 0) is 43.0 Å². The van der Waals surface area contributed by atoms with Crippen LogP contribution in [0.3, 0.4) is 0 Å². The van der Waals surface area contributed by atoms with E-state index < -0.39 is 10.0 Å². The van der Waals surface area contributed by atoms with Gasteiger partial charge >= 0.3 is 0 Å². The fraction of sp³-hybridized carbons (Fsp3) is 0.318. The second-order valence-corrected chi connectivity index (χ2v) is 9.15. The molecule has 0 saturated carbocycles. The third kappa shape index (κ3) is 4.41. The van der Waals surface area contributed by atoms with Gasteiger partial charge in [-0.1, -0.05) is 48.5 Å². The van der Waals surface area contributed by atoms with Gasteiger partial charge in [0.2, 0.25) is 10.0 Å². The van der Waals surface area contributed by atoms with Crippen LogP contribution < -0.4 is 4.72 Å². The van der Waals surface area contributed by atoms with E-state index in [9.17, 15) is 8.42 Å². The normalized spacial score (nSPS) is 18.4. The van der Waals surface area contributed by atoms with Crippen molar-refractivity contribution < 1.29 is 8.42 Å². The number of sulfonamides is 1. The molecule has 1 fully saturated rings. The molecular formula is C22H25N3O2S. The number of benzene rings is 2. The third-order valence-electron chi connectivity index (χ3n) is 5.30. The van der Waals surface area contributed by atoms with E-state index in [4.69, 9.17) is 0 Å². The first-order valence-electron chi connectivity index (χ1n) is 9.71. The Balaban J connectivity index is 1.41. The highest BCUT2D eigenvalue weighted by Gasteiger charge is 2.23. The molecule has 4 rings (SSSR count). The monoisotopic (exact) mass is 395 g/mol. The predicted octanol–water partition coefficient (Wildman–Crippen LogP) is 3.43. The number of hydrogen-bond donors (Lipinski definition) is 1. The first-order chi connectivity index (χ1) is 13.6. The lowest BCUT2D eigenvalue weighted by Gasteiger charge is -2.32. The van der Waals surface area contributed by atoms with Crippen LogP contribution >= 0.6 is 0 Å². The predicted molar refractivity (Wildman–Crippen MR) is 111 cm³/mol. The molecular weight excluding hydrogens is 370 g/mol. The summed E-state index contributed by atoms with van der Waals surface area (Å²) >= 11 is 0. The second kappa shape index (κ2) is 8.39. The van der Waals surface area contributed by atoms with Crippen molar-refractivity contribution in [1.82, 2.24) is 14.6 Å². The molecule has 0 radical (unpaired) electrons. The van der Waals surface area contributed by atoms with Gasteiger partial charge in [-0.15, -0.1) is 0 Å². The van der Waals surface area contributed by atoms with E-state index >= 15 is 0 Å². The highest BCUT2D eigenvalue weighted by molar-refractivity contribution is 7.89. The molecule has 1 aromatic heterocycles. The lowest BCUT2D eigenvalue weighted by molar-refractivity contribution is 0.169. The summed E-state index contributed by atoms with van der Waals surface area (Å²) in [6, 6.07) is 19.4. The number of nitrogens with zero attached hydrogens (tertiary/aromatic N) is 2. The van der Waals surface area contributed by atoms with Gasteiger partial charge in [-0.25, -0.2) is 13.1 Å². The SMILES string of the molecule is O=S(=O)(NCC1CCCN(Cc2ccccc2)C1)c1cccc2cccnc12. The Morgan fingerprint density at radius 2 is 1.86 bits per heavy atom. The number of aromatic nitrogens is 1. The molecule has 146 valence electrons. The summed E-state index contributed by atoms with van der Waals surface area (Å²) in [6.07, 6.45) is 3.76. The molecule has 5 nitrogen and oxygen atoms in total. The fourth-order valence-electron chi connectivity index (χ4n) is 3.90. The van der Waals surface area contributed by atoms with E-state index in [0.717, 1.165) is 37.9 Å². The van der Waals surface area contributed by atoms with Crippen molar-refractivity contribution >= 4 is 20.9 Å². The van der Waals surface area contributed by atoms with Crippen molar-refractivity contribution in [3.8, 4) is 0 Å². The number of piperidine rings is 1. The average Bonchev–Trinajstić information content (AvgIpc) is 2.73. The van der Waals surface area contributed by atoms with Crippen LogP contribution in [0.5, 0.6) is 0 Å². The van der Waals surface area contributed by atoms with Gasteiger partial charge in [0.05, 0.1) is 5.52 Å². The largest absolute Gasteiger partial charge is 0.299 e. The summed E-state index contributed by atoms with van der Waals surface area (Å²) in [7, 11) is -3.59. The van der Waals surface area contributed by atoms with E-state index in [1.165, 1.54) is 5.56 Å². The van der Waals surface area contributed by atoms with E-state index in [1.807, 2.05) is 24.3 Å². The van der Waals surface area contributed by atoms with Crippen LogP contribution in [0.4, 0.5) is 0 Å². The molecule has 2 aromatic carbocycles. The molecule has 6 heteroatoms. The van der Waals surface area contributed by atoms with Gasteiger partial charge in [0.25, 0.3) is 0 Å². The zero-order chi connectivity index (χ0) is 19.4. The lowest BCUT2D eigenvalue weighted by Crippen LogP contribution is -2.40. The van der Waals surface area contributed by atoms with Crippen LogP contribution in [0.1, 0.15) is 18.4 Å². The average molecular weight is 396 g/mol. The molecule has 1 atom stereocenters. The number of fused-ring (bicyclic) bond motifs is 1. The minimum atomic E-state index is -3.59. The quantitative estimate of drug-likeness (QED) is 0.695. The number of para-hydroxylation sites is 1. The van der Waals surface area contributed by atoms with Gasteiger partial charge < -0.3 is 0 Å². The van der Waals surface area contributed by atoms with Crippen molar-refractivity contribution in [2.75, 3.05) is 19.6 Å². The van der Waals surface area contributed by atoms with E-state index in [-0.39, 0.29) is 4.90 Å². The van der Waals surface area contributed by atoms with E-state index in [2.05, 4.69) is 38.9 Å². The summed E-state index contributed by atoms with van der Waals surface area (Å²) in [4.78, 5) is 6.94. The Morgan fingerprint density at radius 3 is 2.71 bits per heavy atom. The van der Waals surface area contributed by atoms with Gasteiger partial charge in [0, 0.05) is 31.2 Å². The van der Waals surface area contributed by atoms with Crippen molar-refractivity contribution in [3.05, 3.63) is 72.4 Å². The molecule has 1 aliphatic heterocycles. The number of likely N-dealkylation sites (tertiary alicyclic amines) is 1. The fourth-order valence-corrected chi connectivity index (χ4v) is 5.19. The second-order valence-electron chi connectivity index (χ2n) is 7.41. The molecule has 3 aromatic rings. The van der Waals surface area contributed by atoms with E-state index in [1.54, 1.807) is 18.3 Å². The summed E-state index contributed by atoms with van der Waals surface area (Å²) in [5.74, 6) is 0.315. The van der Waals surface area contributed by atoms with Crippen molar-refractivity contribution in [2.45, 2.75) is 24.3 Å². The molecule has 28 heavy (non-hydrogen) atoms. The van der Waals surface area contributed by atoms with Crippen LogP contribution in [0.2, 0.25) is 0 Å². The van der Waals surface area contributed by atoms with Crippen molar-refractivity contribution in [3.63, 3.8) is 0 Å². The molecule has 1 N–H and O–H groups in total. The zero-order valence-electron chi connectivity index (χ0n) is 15.8. The summed E-state index contributed by atoms with van der Waals surface area (Å²) in [5.41, 5.74) is 1.82. The minimum absolute atomic E-state index is 0.252. The minimum Gasteiger partial charge on any atom is -0.299 e. The van der Waals surface area contributed by atoms with Crippen LogP contribution in [-0.4, -0.2) is 37.9 Å². The number of rotatable bonds is 6. The van der Waals surface area contributed by atoms with Crippen molar-refractivity contribution in [1.29, 1.82) is 0 Å². The lowest BCUT2D eigenvalue weighted by atomic mass is 9.98. The zero-order valence-corrected chi connectivity index (χ0v) is 16.6. The van der Waals surface area contributed by atoms with Crippen LogP contribution in [0.15, 0.2) is 71.8 Å². The van der Waals surface area contributed by atoms with Crippen molar-refractivity contribution in [2.24, 2.45) is 5.92 Å². The molecule has 0 aliphatic carbocycles. The molecule has 1 aliphatic rings. The highest BCUT2D eigenvalue weighted by atomic mass is 32.2. The highest BCUT2D eigenvalue weighted by Crippen LogP contribution is 2.22. The molecule has 0 amide bonds. The third-order valence-corrected chi connectivity index (χ3v) is 6.75. The Bertz CT molecular complexity index is 1030. The van der Waals surface area contributed by atoms with Gasteiger partial charge in [-0.2, -0.15) is 0 Å². The Labute approximate surface area is 166 Å². The van der Waals surface area contributed by atoms with E-state index in [0.29, 0.717) is 18.0 Å². The molecule has 2 heterocycles. The maximum Gasteiger partial charge on any atom is 0.242 e. The first kappa shape index (κ1) is 19.1. The van der Waals surface area contributed by atoms with Crippen LogP contribution in [-0.2, 0) is 16.6 Å². The summed E-state index contributed by atoms with van der Waals surface area (Å²) in [5, 5.41) is 0.831.